The Morgan fingerprint density at radius 2 is 2.05 bits per heavy atom. The third-order valence-corrected chi connectivity index (χ3v) is 3.96. The Labute approximate surface area is 123 Å². The summed E-state index contributed by atoms with van der Waals surface area (Å²) in [7, 11) is 0. The lowest BCUT2D eigenvalue weighted by Crippen LogP contribution is -2.37. The number of benzene rings is 1. The quantitative estimate of drug-likeness (QED) is 0.717. The van der Waals surface area contributed by atoms with Gasteiger partial charge in [-0.3, -0.25) is 0 Å². The molecule has 1 aromatic carbocycles. The molecular formula is C17H29NO2. The van der Waals surface area contributed by atoms with Gasteiger partial charge in [-0.05, 0) is 49.3 Å². The molecule has 1 unspecified atom stereocenters. The van der Waals surface area contributed by atoms with E-state index in [9.17, 15) is 5.11 Å². The van der Waals surface area contributed by atoms with Gasteiger partial charge in [0, 0.05) is 6.54 Å². The normalized spacial score (nSPS) is 14.3. The van der Waals surface area contributed by atoms with E-state index in [0.717, 1.165) is 17.7 Å². The molecule has 0 saturated heterocycles. The summed E-state index contributed by atoms with van der Waals surface area (Å²) in [6.45, 7) is 9.30. The van der Waals surface area contributed by atoms with Crippen LogP contribution in [-0.4, -0.2) is 23.9 Å². The Morgan fingerprint density at radius 1 is 1.35 bits per heavy atom. The van der Waals surface area contributed by atoms with Crippen molar-refractivity contribution in [3.63, 3.8) is 0 Å². The lowest BCUT2D eigenvalue weighted by molar-refractivity contribution is 0.0308. The molecule has 114 valence electrons. The summed E-state index contributed by atoms with van der Waals surface area (Å²) in [6.07, 6.45) is 2.18. The van der Waals surface area contributed by atoms with Crippen molar-refractivity contribution in [2.24, 2.45) is 5.73 Å². The van der Waals surface area contributed by atoms with E-state index >= 15 is 0 Å². The highest BCUT2D eigenvalue weighted by Gasteiger charge is 2.21. The molecule has 20 heavy (non-hydrogen) atoms. The Hall–Kier alpha value is -1.06. The van der Waals surface area contributed by atoms with Crippen LogP contribution in [0.1, 0.15) is 57.1 Å². The summed E-state index contributed by atoms with van der Waals surface area (Å²) in [5, 5.41) is 10.1. The van der Waals surface area contributed by atoms with Crippen molar-refractivity contribution in [3.8, 4) is 5.75 Å². The maximum atomic E-state index is 10.1. The van der Waals surface area contributed by atoms with Gasteiger partial charge in [-0.1, -0.05) is 32.9 Å². The van der Waals surface area contributed by atoms with Gasteiger partial charge in [0.05, 0.1) is 12.2 Å². The molecule has 0 spiro atoms. The van der Waals surface area contributed by atoms with E-state index in [4.69, 9.17) is 10.5 Å². The van der Waals surface area contributed by atoms with Gasteiger partial charge in [0.15, 0.2) is 0 Å². The van der Waals surface area contributed by atoms with E-state index in [1.807, 2.05) is 6.92 Å². The van der Waals surface area contributed by atoms with Gasteiger partial charge in [-0.15, -0.1) is 0 Å². The lowest BCUT2D eigenvalue weighted by atomic mass is 9.95. The van der Waals surface area contributed by atoms with Crippen molar-refractivity contribution in [3.05, 3.63) is 29.3 Å². The first-order valence-corrected chi connectivity index (χ1v) is 7.57. The smallest absolute Gasteiger partial charge is 0.122 e. The van der Waals surface area contributed by atoms with Gasteiger partial charge in [-0.25, -0.2) is 0 Å². The van der Waals surface area contributed by atoms with Crippen LogP contribution in [0, 0.1) is 6.92 Å². The van der Waals surface area contributed by atoms with Crippen LogP contribution in [0.4, 0.5) is 0 Å². The molecule has 0 aliphatic carbocycles. The van der Waals surface area contributed by atoms with Crippen molar-refractivity contribution in [2.75, 3.05) is 13.2 Å². The molecule has 0 amide bonds. The van der Waals surface area contributed by atoms with Crippen LogP contribution in [0.2, 0.25) is 0 Å². The number of aryl methyl sites for hydroxylation is 1. The maximum Gasteiger partial charge on any atom is 0.122 e. The van der Waals surface area contributed by atoms with Crippen LogP contribution >= 0.6 is 0 Å². The molecule has 3 nitrogen and oxygen atoms in total. The van der Waals surface area contributed by atoms with E-state index in [2.05, 4.69) is 39.0 Å². The highest BCUT2D eigenvalue weighted by atomic mass is 16.5. The van der Waals surface area contributed by atoms with E-state index < -0.39 is 5.60 Å². The van der Waals surface area contributed by atoms with Crippen molar-refractivity contribution in [2.45, 2.75) is 58.5 Å². The number of aliphatic hydroxyl groups is 1. The van der Waals surface area contributed by atoms with E-state index in [-0.39, 0.29) is 0 Å². The molecule has 0 saturated carbocycles. The van der Waals surface area contributed by atoms with Gasteiger partial charge >= 0.3 is 0 Å². The minimum absolute atomic E-state index is 0.311. The molecule has 0 aliphatic heterocycles. The molecule has 1 rings (SSSR count). The summed E-state index contributed by atoms with van der Waals surface area (Å²) >= 11 is 0. The fraction of sp³-hybridized carbons (Fsp3) is 0.647. The molecule has 0 aliphatic rings. The predicted octanol–water partition coefficient (Wildman–Crippen LogP) is 3.38. The minimum Gasteiger partial charge on any atom is -0.493 e. The average molecular weight is 279 g/mol. The first kappa shape index (κ1) is 17.0. The summed E-state index contributed by atoms with van der Waals surface area (Å²) in [5.41, 5.74) is 7.30. The molecule has 3 heteroatoms. The highest BCUT2D eigenvalue weighted by molar-refractivity contribution is 5.37. The molecular weight excluding hydrogens is 250 g/mol. The van der Waals surface area contributed by atoms with Gasteiger partial charge in [0.2, 0.25) is 0 Å². The number of hydrogen-bond donors (Lipinski definition) is 2. The fourth-order valence-electron chi connectivity index (χ4n) is 2.14. The zero-order valence-corrected chi connectivity index (χ0v) is 13.3. The molecule has 0 heterocycles. The van der Waals surface area contributed by atoms with Gasteiger partial charge in [0.25, 0.3) is 0 Å². The Morgan fingerprint density at radius 3 is 2.60 bits per heavy atom. The molecule has 0 bridgehead atoms. The Kier molecular flexibility index (Phi) is 6.50. The number of nitrogens with two attached hydrogens (primary N) is 1. The fourth-order valence-corrected chi connectivity index (χ4v) is 2.14. The van der Waals surface area contributed by atoms with Crippen LogP contribution in [0.15, 0.2) is 18.2 Å². The largest absolute Gasteiger partial charge is 0.493 e. The molecule has 0 radical (unpaired) electrons. The van der Waals surface area contributed by atoms with Crippen LogP contribution < -0.4 is 10.5 Å². The lowest BCUT2D eigenvalue weighted by Gasteiger charge is -2.24. The van der Waals surface area contributed by atoms with Gasteiger partial charge in [0.1, 0.15) is 5.75 Å². The van der Waals surface area contributed by atoms with Gasteiger partial charge < -0.3 is 15.6 Å². The Bertz CT molecular complexity index is 411. The van der Waals surface area contributed by atoms with E-state index in [0.29, 0.717) is 31.9 Å². The second kappa shape index (κ2) is 7.65. The number of hydrogen-bond acceptors (Lipinski definition) is 3. The van der Waals surface area contributed by atoms with Crippen LogP contribution in [0.3, 0.4) is 0 Å². The van der Waals surface area contributed by atoms with Crippen LogP contribution in [-0.2, 0) is 0 Å². The minimum atomic E-state index is -0.738. The topological polar surface area (TPSA) is 55.5 Å². The molecule has 0 aromatic heterocycles. The van der Waals surface area contributed by atoms with Crippen molar-refractivity contribution in [1.82, 2.24) is 0 Å². The second-order valence-corrected chi connectivity index (χ2v) is 5.91. The third-order valence-electron chi connectivity index (χ3n) is 3.96. The average Bonchev–Trinajstić information content (AvgIpc) is 2.44. The summed E-state index contributed by atoms with van der Waals surface area (Å²) in [5.74, 6) is 1.45. The molecule has 1 atom stereocenters. The Balaban J connectivity index is 2.52. The highest BCUT2D eigenvalue weighted by Crippen LogP contribution is 2.25. The monoisotopic (exact) mass is 279 g/mol. The number of ether oxygens (including phenoxy) is 1. The molecule has 1 aromatic rings. The summed E-state index contributed by atoms with van der Waals surface area (Å²) < 4.78 is 5.86. The first-order valence-electron chi connectivity index (χ1n) is 7.57. The van der Waals surface area contributed by atoms with Crippen molar-refractivity contribution >= 4 is 0 Å². The second-order valence-electron chi connectivity index (χ2n) is 5.91. The third kappa shape index (κ3) is 4.80. The summed E-state index contributed by atoms with van der Waals surface area (Å²) in [4.78, 5) is 0. The van der Waals surface area contributed by atoms with Crippen LogP contribution in [0.25, 0.3) is 0 Å². The standard InChI is InChI=1S/C17H29NO2/c1-5-17(19,12-18)9-6-10-20-16-11-15(13(2)3)8-7-14(16)4/h7-8,11,13,19H,5-6,9-10,12,18H2,1-4H3. The first-order chi connectivity index (χ1) is 9.41. The van der Waals surface area contributed by atoms with E-state index in [1.54, 1.807) is 0 Å². The zero-order valence-electron chi connectivity index (χ0n) is 13.3. The number of rotatable bonds is 8. The SMILES string of the molecule is CCC(O)(CN)CCCOc1cc(C(C)C)ccc1C. The van der Waals surface area contributed by atoms with Gasteiger partial charge in [-0.2, -0.15) is 0 Å². The zero-order chi connectivity index (χ0) is 15.2. The molecule has 0 fully saturated rings. The summed E-state index contributed by atoms with van der Waals surface area (Å²) in [6, 6.07) is 6.37. The molecule has 3 N–H and O–H groups in total. The predicted molar refractivity (Wildman–Crippen MR) is 84.3 cm³/mol. The van der Waals surface area contributed by atoms with Crippen molar-refractivity contribution in [1.29, 1.82) is 0 Å². The maximum absolute atomic E-state index is 10.1. The van der Waals surface area contributed by atoms with E-state index in [1.165, 1.54) is 5.56 Å². The van der Waals surface area contributed by atoms with Crippen LogP contribution in [0.5, 0.6) is 5.75 Å². The van der Waals surface area contributed by atoms with Crippen molar-refractivity contribution < 1.29 is 9.84 Å².